The Labute approximate surface area is 112 Å². The van der Waals surface area contributed by atoms with Crippen LogP contribution in [0.15, 0.2) is 17.7 Å². The molecule has 0 unspecified atom stereocenters. The zero-order valence-electron chi connectivity index (χ0n) is 11.3. The number of hydrogen-bond acceptors (Lipinski definition) is 4. The lowest BCUT2D eigenvalue weighted by Crippen LogP contribution is -2.47. The van der Waals surface area contributed by atoms with E-state index in [0.717, 1.165) is 30.9 Å². The highest BCUT2D eigenvalue weighted by Crippen LogP contribution is 2.27. The van der Waals surface area contributed by atoms with E-state index in [1.54, 1.807) is 0 Å². The fourth-order valence-electron chi connectivity index (χ4n) is 2.74. The first-order valence-corrected chi connectivity index (χ1v) is 6.58. The van der Waals surface area contributed by atoms with Crippen molar-refractivity contribution in [1.82, 2.24) is 14.5 Å². The van der Waals surface area contributed by atoms with Crippen LogP contribution in [0.25, 0.3) is 0 Å². The summed E-state index contributed by atoms with van der Waals surface area (Å²) in [5.74, 6) is 0.0164. The molecule has 0 saturated carbocycles. The van der Waals surface area contributed by atoms with Crippen LogP contribution in [0.4, 0.5) is 0 Å². The van der Waals surface area contributed by atoms with Crippen LogP contribution in [0.1, 0.15) is 32.4 Å². The van der Waals surface area contributed by atoms with Gasteiger partial charge in [0.25, 0.3) is 5.91 Å². The molecule has 19 heavy (non-hydrogen) atoms. The van der Waals surface area contributed by atoms with E-state index in [9.17, 15) is 4.79 Å². The van der Waals surface area contributed by atoms with E-state index in [1.165, 1.54) is 0 Å². The molecule has 0 radical (unpaired) electrons. The van der Waals surface area contributed by atoms with E-state index < -0.39 is 5.60 Å². The molecule has 0 saturated heterocycles. The van der Waals surface area contributed by atoms with E-state index >= 15 is 0 Å². The summed E-state index contributed by atoms with van der Waals surface area (Å²) in [6, 6.07) is 0. The predicted octanol–water partition coefficient (Wildman–Crippen LogP) is 1.17. The van der Waals surface area contributed by atoms with Crippen molar-refractivity contribution in [1.29, 1.82) is 0 Å². The van der Waals surface area contributed by atoms with E-state index in [4.69, 9.17) is 4.84 Å². The standard InChI is InChI=1S/C13H18N4O2/c1-10-6-13(2,19-15-10)12(18)16-4-3-5-17-9-14-7-11(17)8-16/h7,9H,3-6,8H2,1-2H3/t13-/m0/s1. The van der Waals surface area contributed by atoms with Gasteiger partial charge in [-0.2, -0.15) is 0 Å². The molecule has 3 rings (SSSR count). The van der Waals surface area contributed by atoms with Gasteiger partial charge in [-0.1, -0.05) is 5.16 Å². The monoisotopic (exact) mass is 262 g/mol. The highest BCUT2D eigenvalue weighted by atomic mass is 16.7. The van der Waals surface area contributed by atoms with Crippen molar-refractivity contribution < 1.29 is 9.63 Å². The third-order valence-electron chi connectivity index (χ3n) is 3.71. The van der Waals surface area contributed by atoms with Crippen LogP contribution in [0.5, 0.6) is 0 Å². The van der Waals surface area contributed by atoms with Gasteiger partial charge in [-0.3, -0.25) is 4.79 Å². The summed E-state index contributed by atoms with van der Waals surface area (Å²) in [4.78, 5) is 24.0. The Bertz CT molecular complexity index is 537. The maximum Gasteiger partial charge on any atom is 0.270 e. The fourth-order valence-corrected chi connectivity index (χ4v) is 2.74. The molecule has 0 N–H and O–H groups in total. The second-order valence-corrected chi connectivity index (χ2v) is 5.48. The first kappa shape index (κ1) is 12.2. The number of aryl methyl sites for hydroxylation is 1. The topological polar surface area (TPSA) is 59.7 Å². The zero-order chi connectivity index (χ0) is 13.5. The van der Waals surface area contributed by atoms with Crippen LogP contribution >= 0.6 is 0 Å². The third-order valence-corrected chi connectivity index (χ3v) is 3.71. The number of aromatic nitrogens is 2. The van der Waals surface area contributed by atoms with Crippen molar-refractivity contribution in [2.75, 3.05) is 6.54 Å². The van der Waals surface area contributed by atoms with Crippen molar-refractivity contribution in [3.8, 4) is 0 Å². The van der Waals surface area contributed by atoms with Crippen molar-refractivity contribution in [2.24, 2.45) is 5.16 Å². The Hall–Kier alpha value is -1.85. The Balaban J connectivity index is 1.78. The molecule has 6 heteroatoms. The number of nitrogens with zero attached hydrogens (tertiary/aromatic N) is 4. The molecule has 3 heterocycles. The molecule has 0 aliphatic carbocycles. The van der Waals surface area contributed by atoms with Crippen LogP contribution in [-0.2, 0) is 22.7 Å². The lowest BCUT2D eigenvalue weighted by Gasteiger charge is -2.28. The maximum atomic E-state index is 12.7. The van der Waals surface area contributed by atoms with Crippen LogP contribution in [0, 0.1) is 0 Å². The molecule has 2 aliphatic rings. The predicted molar refractivity (Wildman–Crippen MR) is 69.5 cm³/mol. The molecule has 1 atom stereocenters. The van der Waals surface area contributed by atoms with Gasteiger partial charge in [0.15, 0.2) is 0 Å². The molecular weight excluding hydrogens is 244 g/mol. The molecule has 1 aromatic heterocycles. The average Bonchev–Trinajstić information content (AvgIpc) is 2.90. The summed E-state index contributed by atoms with van der Waals surface area (Å²) >= 11 is 0. The molecule has 2 aliphatic heterocycles. The molecule has 0 spiro atoms. The highest BCUT2D eigenvalue weighted by molar-refractivity contribution is 5.94. The van der Waals surface area contributed by atoms with Crippen molar-refractivity contribution in [3.63, 3.8) is 0 Å². The van der Waals surface area contributed by atoms with Gasteiger partial charge in [-0.25, -0.2) is 4.98 Å². The highest BCUT2D eigenvalue weighted by Gasteiger charge is 2.43. The van der Waals surface area contributed by atoms with Crippen molar-refractivity contribution in [2.45, 2.75) is 45.4 Å². The molecule has 0 bridgehead atoms. The number of hydrogen-bond donors (Lipinski definition) is 0. The Kier molecular flexibility index (Phi) is 2.80. The number of fused-ring (bicyclic) bond motifs is 1. The van der Waals surface area contributed by atoms with Gasteiger partial charge in [0.05, 0.1) is 24.3 Å². The molecule has 1 amide bonds. The van der Waals surface area contributed by atoms with E-state index in [-0.39, 0.29) is 5.91 Å². The lowest BCUT2D eigenvalue weighted by atomic mass is 9.98. The first-order valence-electron chi connectivity index (χ1n) is 6.58. The minimum atomic E-state index is -0.834. The fraction of sp³-hybridized carbons (Fsp3) is 0.615. The number of rotatable bonds is 1. The Morgan fingerprint density at radius 1 is 1.47 bits per heavy atom. The van der Waals surface area contributed by atoms with Gasteiger partial charge in [-0.15, -0.1) is 0 Å². The summed E-state index contributed by atoms with van der Waals surface area (Å²) in [5.41, 5.74) is 1.11. The number of carbonyl (C=O) groups is 1. The van der Waals surface area contributed by atoms with E-state index in [2.05, 4.69) is 14.7 Å². The van der Waals surface area contributed by atoms with Crippen molar-refractivity contribution >= 4 is 11.6 Å². The smallest absolute Gasteiger partial charge is 0.270 e. The van der Waals surface area contributed by atoms with Crippen LogP contribution in [-0.4, -0.2) is 38.2 Å². The normalized spacial score (nSPS) is 26.4. The van der Waals surface area contributed by atoms with E-state index in [1.807, 2.05) is 31.3 Å². The Morgan fingerprint density at radius 2 is 2.32 bits per heavy atom. The van der Waals surface area contributed by atoms with Crippen molar-refractivity contribution in [3.05, 3.63) is 18.2 Å². The zero-order valence-corrected chi connectivity index (χ0v) is 11.3. The van der Waals surface area contributed by atoms with Gasteiger partial charge >= 0.3 is 0 Å². The Morgan fingerprint density at radius 3 is 3.05 bits per heavy atom. The summed E-state index contributed by atoms with van der Waals surface area (Å²) in [6.45, 7) is 5.95. The van der Waals surface area contributed by atoms with Gasteiger partial charge in [0.2, 0.25) is 5.60 Å². The van der Waals surface area contributed by atoms with Gasteiger partial charge in [0.1, 0.15) is 0 Å². The SMILES string of the molecule is CC1=NO[C@](C)(C(=O)N2CCCn3cncc3C2)C1. The quantitative estimate of drug-likeness (QED) is 0.763. The van der Waals surface area contributed by atoms with Crippen LogP contribution in [0.2, 0.25) is 0 Å². The largest absolute Gasteiger partial charge is 0.379 e. The van der Waals surface area contributed by atoms with Crippen LogP contribution in [0.3, 0.4) is 0 Å². The number of oxime groups is 1. The maximum absolute atomic E-state index is 12.7. The van der Waals surface area contributed by atoms with Gasteiger partial charge < -0.3 is 14.3 Å². The summed E-state index contributed by atoms with van der Waals surface area (Å²) in [5, 5.41) is 3.91. The van der Waals surface area contributed by atoms with Gasteiger partial charge in [-0.05, 0) is 20.3 Å². The number of carbonyl (C=O) groups excluding carboxylic acids is 1. The molecule has 0 fully saturated rings. The van der Waals surface area contributed by atoms with Crippen LogP contribution < -0.4 is 0 Å². The summed E-state index contributed by atoms with van der Waals surface area (Å²) in [6.07, 6.45) is 5.15. The van der Waals surface area contributed by atoms with Gasteiger partial charge in [0, 0.05) is 25.7 Å². The summed E-state index contributed by atoms with van der Waals surface area (Å²) < 4.78 is 2.10. The second kappa shape index (κ2) is 4.36. The second-order valence-electron chi connectivity index (χ2n) is 5.48. The minimum Gasteiger partial charge on any atom is -0.379 e. The number of amides is 1. The first-order chi connectivity index (χ1) is 9.08. The van der Waals surface area contributed by atoms with E-state index in [0.29, 0.717) is 13.0 Å². The number of imidazole rings is 1. The molecule has 6 nitrogen and oxygen atoms in total. The molecule has 102 valence electrons. The average molecular weight is 262 g/mol. The lowest BCUT2D eigenvalue weighted by molar-refractivity contribution is -0.153. The third kappa shape index (κ3) is 2.11. The molecule has 0 aromatic carbocycles. The minimum absolute atomic E-state index is 0.0164. The molecular formula is C13H18N4O2. The molecule has 1 aromatic rings. The summed E-state index contributed by atoms with van der Waals surface area (Å²) in [7, 11) is 0.